The van der Waals surface area contributed by atoms with E-state index in [9.17, 15) is 0 Å². The molecule has 0 atom stereocenters. The minimum absolute atomic E-state index is 0. The summed E-state index contributed by atoms with van der Waals surface area (Å²) in [6.45, 7) is 0. The van der Waals surface area contributed by atoms with Crippen molar-refractivity contribution in [2.24, 2.45) is 0 Å². The smallest absolute Gasteiger partial charge is 0 e. The molecule has 1 nitrogen and oxygen atoms in total. The van der Waals surface area contributed by atoms with E-state index in [0.29, 0.717) is 0 Å². The van der Waals surface area contributed by atoms with E-state index >= 15 is 0 Å². The van der Waals surface area contributed by atoms with Gasteiger partial charge in [0.05, 0.1) is 0 Å². The zero-order valence-corrected chi connectivity index (χ0v) is 12.4. The first-order chi connectivity index (χ1) is 1.00. The summed E-state index contributed by atoms with van der Waals surface area (Å²) in [4.78, 5) is 0. The van der Waals surface area contributed by atoms with E-state index in [1.807, 2.05) is 0 Å². The first-order valence-electron chi connectivity index (χ1n) is 0.167. The molecule has 16 valence electrons. The van der Waals surface area contributed by atoms with Crippen LogP contribution in [0.2, 0.25) is 0 Å². The SMILES string of the molecule is O=[Se].[Hg].[Zn]. The van der Waals surface area contributed by atoms with Crippen molar-refractivity contribution >= 4 is 15.9 Å². The van der Waals surface area contributed by atoms with Gasteiger partial charge in [-0.1, -0.05) is 0 Å². The van der Waals surface area contributed by atoms with Crippen molar-refractivity contribution in [1.82, 2.24) is 0 Å². The summed E-state index contributed by atoms with van der Waals surface area (Å²) in [5.74, 6) is 0. The Morgan fingerprint density at radius 2 is 1.25 bits per heavy atom. The van der Waals surface area contributed by atoms with E-state index in [1.54, 1.807) is 0 Å². The molecule has 0 bridgehead atoms. The van der Waals surface area contributed by atoms with Crippen molar-refractivity contribution in [3.8, 4) is 0 Å². The van der Waals surface area contributed by atoms with Crippen molar-refractivity contribution in [2.45, 2.75) is 0 Å². The summed E-state index contributed by atoms with van der Waals surface area (Å²) < 4.78 is 8.12. The Morgan fingerprint density at radius 3 is 1.25 bits per heavy atom. The van der Waals surface area contributed by atoms with Crippen LogP contribution in [-0.4, -0.2) is 15.9 Å². The van der Waals surface area contributed by atoms with Gasteiger partial charge in [0.15, 0.2) is 0 Å². The third-order valence-corrected chi connectivity index (χ3v) is 0. The van der Waals surface area contributed by atoms with E-state index in [2.05, 4.69) is 0 Å². The topological polar surface area (TPSA) is 17.1 Å². The van der Waals surface area contributed by atoms with Gasteiger partial charge in [-0.3, -0.25) is 0 Å². The molecule has 4 heteroatoms. The molecule has 0 N–H and O–H groups in total. The standard InChI is InChI=1S/Hg.OSe.Zn/c;1-2;. The van der Waals surface area contributed by atoms with Gasteiger partial charge in [-0.2, -0.15) is 0 Å². The Labute approximate surface area is 66.2 Å². The molecule has 0 saturated heterocycles. The molecule has 4 heavy (non-hydrogen) atoms. The van der Waals surface area contributed by atoms with Crippen molar-refractivity contribution in [1.29, 1.82) is 0 Å². The van der Waals surface area contributed by atoms with E-state index in [1.165, 1.54) is 15.9 Å². The zero-order chi connectivity index (χ0) is 2.00. The van der Waals surface area contributed by atoms with Crippen LogP contribution in [-0.2, 0) is 51.0 Å². The fourth-order valence-corrected chi connectivity index (χ4v) is 0. The summed E-state index contributed by atoms with van der Waals surface area (Å²) in [6.07, 6.45) is 0. The molecule has 0 aromatic rings. The minimum atomic E-state index is 0. The van der Waals surface area contributed by atoms with Gasteiger partial charge in [0.1, 0.15) is 0 Å². The monoisotopic (exact) mass is 362 g/mol. The molecule has 0 radical (unpaired) electrons. The predicted octanol–water partition coefficient (Wildman–Crippen LogP) is -0.505. The van der Waals surface area contributed by atoms with Crippen LogP contribution in [0.3, 0.4) is 0 Å². The molecule has 0 spiro atoms. The van der Waals surface area contributed by atoms with E-state index in [4.69, 9.17) is 3.83 Å². The van der Waals surface area contributed by atoms with Crippen LogP contribution in [0, 0.1) is 0 Å². The van der Waals surface area contributed by atoms with E-state index in [-0.39, 0.29) is 47.1 Å². The Kier molecular flexibility index (Phi) is 87.8. The molecule has 0 aliphatic carbocycles. The Balaban J connectivity index is -0.00000000500. The number of hydrogen-bond acceptors (Lipinski definition) is 1. The molecule has 0 rings (SSSR count). The van der Waals surface area contributed by atoms with Gasteiger partial charge < -0.3 is 0 Å². The maximum Gasteiger partial charge on any atom is 0 e. The molecular weight excluding hydrogens is 361 g/mol. The van der Waals surface area contributed by atoms with E-state index in [0.717, 1.165) is 0 Å². The second kappa shape index (κ2) is 20.8. The van der Waals surface area contributed by atoms with Crippen LogP contribution in [0.5, 0.6) is 0 Å². The van der Waals surface area contributed by atoms with Gasteiger partial charge in [-0.05, 0) is 0 Å². The summed E-state index contributed by atoms with van der Waals surface area (Å²) in [7, 11) is 0. The first-order valence-corrected chi connectivity index (χ1v) is 0.866. The minimum Gasteiger partial charge on any atom is 0 e. The molecule has 0 saturated carbocycles. The predicted molar refractivity (Wildman–Crippen MR) is 6.44 cm³/mol. The Hall–Kier alpha value is 1.88. The largest absolute Gasteiger partial charge is 0 e. The molecule has 0 unspecified atom stereocenters. The van der Waals surface area contributed by atoms with Gasteiger partial charge >= 0.3 is 19.8 Å². The second-order valence-electron chi connectivity index (χ2n) is 0. The molecule has 0 amide bonds. The maximum absolute atomic E-state index is 8.12. The van der Waals surface area contributed by atoms with Crippen molar-refractivity contribution in [3.05, 3.63) is 0 Å². The van der Waals surface area contributed by atoms with E-state index < -0.39 is 0 Å². The van der Waals surface area contributed by atoms with Crippen molar-refractivity contribution < 1.29 is 51.0 Å². The molecule has 0 fully saturated rings. The van der Waals surface area contributed by atoms with Gasteiger partial charge in [0.25, 0.3) is 0 Å². The third-order valence-electron chi connectivity index (χ3n) is 0. The molecular formula is HgOSeZn. The first kappa shape index (κ1) is 16.9. The average Bonchev–Trinajstić information content (AvgIpc) is 1.00. The molecule has 0 aromatic carbocycles. The summed E-state index contributed by atoms with van der Waals surface area (Å²) >= 11 is 1.38. The van der Waals surface area contributed by atoms with Crippen LogP contribution in [0.4, 0.5) is 0 Å². The fourth-order valence-electron chi connectivity index (χ4n) is 0. The van der Waals surface area contributed by atoms with Crippen LogP contribution in [0.25, 0.3) is 0 Å². The number of hydrogen-bond donors (Lipinski definition) is 0. The summed E-state index contributed by atoms with van der Waals surface area (Å²) in [5.41, 5.74) is 0. The quantitative estimate of drug-likeness (QED) is 0.532. The summed E-state index contributed by atoms with van der Waals surface area (Å²) in [5, 5.41) is 0. The van der Waals surface area contributed by atoms with Crippen LogP contribution >= 0.6 is 0 Å². The van der Waals surface area contributed by atoms with Crippen LogP contribution < -0.4 is 0 Å². The third kappa shape index (κ3) is 9.11. The molecule has 0 heterocycles. The van der Waals surface area contributed by atoms with Crippen molar-refractivity contribution in [3.63, 3.8) is 0 Å². The van der Waals surface area contributed by atoms with Crippen LogP contribution in [0.1, 0.15) is 0 Å². The number of rotatable bonds is 0. The molecule has 0 aliphatic rings. The maximum atomic E-state index is 8.12. The average molecular weight is 361 g/mol. The zero-order valence-electron chi connectivity index (χ0n) is 2.23. The van der Waals surface area contributed by atoms with Crippen LogP contribution in [0.15, 0.2) is 0 Å². The van der Waals surface area contributed by atoms with Crippen molar-refractivity contribution in [2.75, 3.05) is 0 Å². The van der Waals surface area contributed by atoms with Gasteiger partial charge in [-0.15, -0.1) is 0 Å². The second-order valence-corrected chi connectivity index (χ2v) is 0. The van der Waals surface area contributed by atoms with Gasteiger partial charge in [0, 0.05) is 47.1 Å². The fraction of sp³-hybridized carbons (Fsp3) is 0. The van der Waals surface area contributed by atoms with Gasteiger partial charge in [-0.25, -0.2) is 0 Å². The Morgan fingerprint density at radius 1 is 1.25 bits per heavy atom. The summed E-state index contributed by atoms with van der Waals surface area (Å²) in [6, 6.07) is 0. The van der Waals surface area contributed by atoms with Gasteiger partial charge in [0.2, 0.25) is 0 Å². The molecule has 0 aromatic heterocycles. The molecule has 0 aliphatic heterocycles. The Bertz CT molecular complexity index is 8.00. The normalized spacial score (nSPS) is 1.00.